The Hall–Kier alpha value is -7.50. The van der Waals surface area contributed by atoms with Crippen molar-refractivity contribution >= 4 is 43.9 Å². The normalized spacial score (nSPS) is 11.6. The van der Waals surface area contributed by atoms with Gasteiger partial charge in [-0.2, -0.15) is 0 Å². The lowest BCUT2D eigenvalue weighted by Crippen LogP contribution is -2.03. The van der Waals surface area contributed by atoms with Gasteiger partial charge in [-0.05, 0) is 77.9 Å². The maximum Gasteiger partial charge on any atom is 0.145 e. The molecule has 0 saturated carbocycles. The van der Waals surface area contributed by atoms with Crippen LogP contribution in [0.3, 0.4) is 0 Å². The lowest BCUT2D eigenvalue weighted by atomic mass is 10.0. The summed E-state index contributed by atoms with van der Waals surface area (Å²) in [5.74, 6) is 1.78. The Balaban J connectivity index is 1.23. The zero-order valence-electron chi connectivity index (χ0n) is 29.8. The van der Waals surface area contributed by atoms with E-state index in [4.69, 9.17) is 9.97 Å². The van der Waals surface area contributed by atoms with Crippen LogP contribution in [0.15, 0.2) is 200 Å². The smallest absolute Gasteiger partial charge is 0.145 e. The van der Waals surface area contributed by atoms with Gasteiger partial charge in [0.1, 0.15) is 11.6 Å². The fourth-order valence-electron chi connectivity index (χ4n) is 8.16. The van der Waals surface area contributed by atoms with Crippen molar-refractivity contribution < 1.29 is 0 Å². The zero-order chi connectivity index (χ0) is 36.3. The number of rotatable bonds is 6. The average Bonchev–Trinajstić information content (AvgIpc) is 3.94. The molecule has 5 heteroatoms. The quantitative estimate of drug-likeness (QED) is 0.173. The predicted molar refractivity (Wildman–Crippen MR) is 226 cm³/mol. The molecule has 3 aromatic heterocycles. The Morgan fingerprint density at radius 2 is 0.745 bits per heavy atom. The van der Waals surface area contributed by atoms with Crippen LogP contribution in [0.2, 0.25) is 0 Å². The summed E-state index contributed by atoms with van der Waals surface area (Å²) < 4.78 is 6.99. The van der Waals surface area contributed by atoms with E-state index in [1.54, 1.807) is 0 Å². The van der Waals surface area contributed by atoms with Crippen molar-refractivity contribution in [3.63, 3.8) is 0 Å². The van der Waals surface area contributed by atoms with Crippen molar-refractivity contribution in [2.45, 2.75) is 0 Å². The van der Waals surface area contributed by atoms with Crippen molar-refractivity contribution in [2.75, 3.05) is 0 Å². The van der Waals surface area contributed by atoms with Crippen LogP contribution in [0.1, 0.15) is 0 Å². The SMILES string of the molecule is c1ccc(-c2nc3ccccc3n2-c2cc(-c3ccc4c5ccccc5n(-c5ccccc5)c4c3)cc(-n3c(-c4ccccc4)nc4ccccc43)c2)cc1. The van der Waals surface area contributed by atoms with Crippen LogP contribution >= 0.6 is 0 Å². The van der Waals surface area contributed by atoms with Gasteiger partial charge in [-0.25, -0.2) is 9.97 Å². The first-order valence-corrected chi connectivity index (χ1v) is 18.6. The maximum atomic E-state index is 5.22. The summed E-state index contributed by atoms with van der Waals surface area (Å²) in [6, 6.07) is 70.9. The van der Waals surface area contributed by atoms with Gasteiger partial charge >= 0.3 is 0 Å². The maximum absolute atomic E-state index is 5.22. The molecule has 3 heterocycles. The molecule has 0 amide bonds. The van der Waals surface area contributed by atoms with Gasteiger partial charge in [-0.3, -0.25) is 9.13 Å². The Labute approximate surface area is 317 Å². The molecular weight excluding hydrogens is 671 g/mol. The monoisotopic (exact) mass is 703 g/mol. The van der Waals surface area contributed by atoms with Gasteiger partial charge < -0.3 is 4.57 Å². The number of imidazole rings is 2. The molecular formula is C50H33N5. The van der Waals surface area contributed by atoms with Crippen molar-refractivity contribution in [1.29, 1.82) is 0 Å². The molecule has 0 spiro atoms. The van der Waals surface area contributed by atoms with Crippen molar-refractivity contribution in [2.24, 2.45) is 0 Å². The van der Waals surface area contributed by atoms with E-state index >= 15 is 0 Å². The van der Waals surface area contributed by atoms with Crippen LogP contribution in [0, 0.1) is 0 Å². The van der Waals surface area contributed by atoms with Gasteiger partial charge in [0.25, 0.3) is 0 Å². The molecule has 8 aromatic carbocycles. The molecule has 0 radical (unpaired) electrons. The lowest BCUT2D eigenvalue weighted by Gasteiger charge is -2.17. The van der Waals surface area contributed by atoms with E-state index < -0.39 is 0 Å². The van der Waals surface area contributed by atoms with Gasteiger partial charge in [0.15, 0.2) is 0 Å². The number of benzene rings is 8. The van der Waals surface area contributed by atoms with E-state index in [0.717, 1.165) is 78.5 Å². The molecule has 55 heavy (non-hydrogen) atoms. The fraction of sp³-hybridized carbons (Fsp3) is 0. The van der Waals surface area contributed by atoms with E-state index in [1.807, 2.05) is 0 Å². The molecule has 0 saturated heterocycles. The molecule has 11 aromatic rings. The second-order valence-electron chi connectivity index (χ2n) is 13.9. The first kappa shape index (κ1) is 31.1. The minimum absolute atomic E-state index is 0.892. The second kappa shape index (κ2) is 12.6. The minimum atomic E-state index is 0.892. The third-order valence-corrected chi connectivity index (χ3v) is 10.6. The summed E-state index contributed by atoms with van der Waals surface area (Å²) in [4.78, 5) is 10.4. The van der Waals surface area contributed by atoms with Crippen LogP contribution in [0.5, 0.6) is 0 Å². The van der Waals surface area contributed by atoms with E-state index in [9.17, 15) is 0 Å². The highest BCUT2D eigenvalue weighted by Gasteiger charge is 2.20. The molecule has 0 fully saturated rings. The van der Waals surface area contributed by atoms with E-state index in [0.29, 0.717) is 0 Å². The average molecular weight is 704 g/mol. The lowest BCUT2D eigenvalue weighted by molar-refractivity contribution is 1.07. The fourth-order valence-corrected chi connectivity index (χ4v) is 8.16. The molecule has 258 valence electrons. The minimum Gasteiger partial charge on any atom is -0.309 e. The number of para-hydroxylation sites is 6. The van der Waals surface area contributed by atoms with Crippen molar-refractivity contribution in [3.8, 4) is 51.0 Å². The summed E-state index contributed by atoms with van der Waals surface area (Å²) in [5.41, 5.74) is 13.8. The first-order valence-electron chi connectivity index (χ1n) is 18.6. The number of hydrogen-bond acceptors (Lipinski definition) is 2. The van der Waals surface area contributed by atoms with Crippen LogP contribution in [0.4, 0.5) is 0 Å². The molecule has 0 aliphatic heterocycles. The van der Waals surface area contributed by atoms with E-state index in [2.05, 4.69) is 214 Å². The summed E-state index contributed by atoms with van der Waals surface area (Å²) in [6.07, 6.45) is 0. The number of nitrogens with zero attached hydrogens (tertiary/aromatic N) is 5. The summed E-state index contributed by atoms with van der Waals surface area (Å²) in [7, 11) is 0. The Morgan fingerprint density at radius 3 is 1.33 bits per heavy atom. The van der Waals surface area contributed by atoms with Gasteiger partial charge in [-0.1, -0.05) is 133 Å². The third kappa shape index (κ3) is 5.09. The summed E-state index contributed by atoms with van der Waals surface area (Å²) in [5, 5.41) is 2.45. The highest BCUT2D eigenvalue weighted by atomic mass is 15.1. The molecule has 0 atom stereocenters. The highest BCUT2D eigenvalue weighted by molar-refractivity contribution is 6.10. The Morgan fingerprint density at radius 1 is 0.273 bits per heavy atom. The standard InChI is InChI=1S/C50H33N5/c1-4-16-34(17-5-1)49-51-43-23-11-14-26-46(43)54(49)39-30-37(31-40(33-39)55-47-27-15-12-24-44(47)52-50(55)35-18-6-2-7-19-35)36-28-29-42-41-22-10-13-25-45(41)53(48(42)32-36)38-20-8-3-9-21-38/h1-33H. The number of hydrogen-bond donors (Lipinski definition) is 0. The van der Waals surface area contributed by atoms with Gasteiger partial charge in [0.05, 0.1) is 44.5 Å². The molecule has 0 bridgehead atoms. The summed E-state index contributed by atoms with van der Waals surface area (Å²) in [6.45, 7) is 0. The molecule has 5 nitrogen and oxygen atoms in total. The van der Waals surface area contributed by atoms with Gasteiger partial charge in [0.2, 0.25) is 0 Å². The van der Waals surface area contributed by atoms with Crippen molar-refractivity contribution in [3.05, 3.63) is 200 Å². The molecule has 11 rings (SSSR count). The second-order valence-corrected chi connectivity index (χ2v) is 13.9. The van der Waals surface area contributed by atoms with Gasteiger partial charge in [-0.15, -0.1) is 0 Å². The summed E-state index contributed by atoms with van der Waals surface area (Å²) >= 11 is 0. The number of aromatic nitrogens is 5. The zero-order valence-corrected chi connectivity index (χ0v) is 29.8. The predicted octanol–water partition coefficient (Wildman–Crippen LogP) is 12.5. The molecule has 0 unspecified atom stereocenters. The topological polar surface area (TPSA) is 40.6 Å². The van der Waals surface area contributed by atoms with Crippen molar-refractivity contribution in [1.82, 2.24) is 23.7 Å². The van der Waals surface area contributed by atoms with Crippen LogP contribution in [-0.4, -0.2) is 23.7 Å². The van der Waals surface area contributed by atoms with Crippen LogP contribution in [-0.2, 0) is 0 Å². The molecule has 0 N–H and O–H groups in total. The molecule has 0 aliphatic carbocycles. The van der Waals surface area contributed by atoms with Gasteiger partial charge in [0, 0.05) is 27.6 Å². The Bertz CT molecular complexity index is 3050. The van der Waals surface area contributed by atoms with E-state index in [1.165, 1.54) is 16.3 Å². The van der Waals surface area contributed by atoms with Crippen LogP contribution < -0.4 is 0 Å². The Kier molecular flexibility index (Phi) is 7.10. The largest absolute Gasteiger partial charge is 0.309 e. The third-order valence-electron chi connectivity index (χ3n) is 10.6. The highest BCUT2D eigenvalue weighted by Crippen LogP contribution is 2.39. The van der Waals surface area contributed by atoms with Crippen LogP contribution in [0.25, 0.3) is 94.8 Å². The molecule has 0 aliphatic rings. The van der Waals surface area contributed by atoms with E-state index in [-0.39, 0.29) is 0 Å². The first-order chi connectivity index (χ1) is 27.3. The number of fused-ring (bicyclic) bond motifs is 5.